The van der Waals surface area contributed by atoms with Crippen molar-refractivity contribution in [3.8, 4) is 0 Å². The van der Waals surface area contributed by atoms with E-state index in [1.165, 1.54) is 5.56 Å². The molecule has 1 amide bonds. The first-order valence-electron chi connectivity index (χ1n) is 10.1. The minimum atomic E-state index is -3.39. The highest BCUT2D eigenvalue weighted by molar-refractivity contribution is 7.89. The molecule has 0 aromatic heterocycles. The normalized spacial score (nSPS) is 19.3. The molecule has 1 saturated heterocycles. The van der Waals surface area contributed by atoms with Crippen LogP contribution in [0.25, 0.3) is 0 Å². The Kier molecular flexibility index (Phi) is 5.95. The molecular formula is C22H25ClN2O3S. The van der Waals surface area contributed by atoms with Crippen LogP contribution in [0, 0.1) is 0 Å². The fraction of sp³-hybridized carbons (Fsp3) is 0.409. The maximum Gasteiger partial charge on any atom is 0.243 e. The molecule has 154 valence electrons. The van der Waals surface area contributed by atoms with Gasteiger partial charge in [-0.2, -0.15) is 4.31 Å². The molecule has 2 aromatic rings. The Hall–Kier alpha value is -1.89. The van der Waals surface area contributed by atoms with Gasteiger partial charge in [-0.3, -0.25) is 4.79 Å². The molecule has 0 radical (unpaired) electrons. The summed E-state index contributed by atoms with van der Waals surface area (Å²) < 4.78 is 26.7. The molecule has 0 saturated carbocycles. The summed E-state index contributed by atoms with van der Waals surface area (Å²) in [5, 5.41) is 3.84. The second-order valence-corrected chi connectivity index (χ2v) is 10.1. The van der Waals surface area contributed by atoms with E-state index in [-0.39, 0.29) is 11.9 Å². The summed E-state index contributed by atoms with van der Waals surface area (Å²) in [5.74, 6) is 0.00608. The highest BCUT2D eigenvalue weighted by Crippen LogP contribution is 2.33. The van der Waals surface area contributed by atoms with Crippen LogP contribution in [0.2, 0.25) is 5.02 Å². The molecule has 1 heterocycles. The van der Waals surface area contributed by atoms with E-state index >= 15 is 0 Å². The molecule has 1 atom stereocenters. The number of carbonyl (C=O) groups excluding carboxylic acids is 1. The first-order chi connectivity index (χ1) is 13.9. The molecule has 1 N–H and O–H groups in total. The number of amides is 1. The first-order valence-corrected chi connectivity index (χ1v) is 11.9. The maximum absolute atomic E-state index is 12.6. The van der Waals surface area contributed by atoms with Crippen LogP contribution >= 0.6 is 11.6 Å². The van der Waals surface area contributed by atoms with E-state index in [1.807, 2.05) is 30.3 Å². The van der Waals surface area contributed by atoms with Crippen LogP contribution in [0.3, 0.4) is 0 Å². The van der Waals surface area contributed by atoms with Crippen molar-refractivity contribution in [3.05, 3.63) is 64.2 Å². The SMILES string of the molecule is O=C(CCc1ccc(S(=O)(=O)N2CCCC2)cc1)NC1CCc2cc(Cl)ccc21. The van der Waals surface area contributed by atoms with Crippen molar-refractivity contribution in [1.82, 2.24) is 9.62 Å². The molecule has 1 unspecified atom stereocenters. The van der Waals surface area contributed by atoms with Crippen LogP contribution in [0.1, 0.15) is 48.4 Å². The van der Waals surface area contributed by atoms with Crippen molar-refractivity contribution in [1.29, 1.82) is 0 Å². The third-order valence-corrected chi connectivity index (χ3v) is 7.93. The number of hydrogen-bond donors (Lipinski definition) is 1. The number of halogens is 1. The lowest BCUT2D eigenvalue weighted by molar-refractivity contribution is -0.121. The first kappa shape index (κ1) is 20.4. The van der Waals surface area contributed by atoms with Crippen LogP contribution in [-0.2, 0) is 27.7 Å². The van der Waals surface area contributed by atoms with E-state index in [4.69, 9.17) is 11.6 Å². The van der Waals surface area contributed by atoms with E-state index in [0.29, 0.717) is 30.8 Å². The van der Waals surface area contributed by atoms with Gasteiger partial charge in [0.15, 0.2) is 0 Å². The van der Waals surface area contributed by atoms with E-state index in [9.17, 15) is 13.2 Å². The zero-order valence-electron chi connectivity index (χ0n) is 16.2. The number of carbonyl (C=O) groups is 1. The van der Waals surface area contributed by atoms with E-state index in [0.717, 1.165) is 41.8 Å². The van der Waals surface area contributed by atoms with Gasteiger partial charge in [-0.25, -0.2) is 8.42 Å². The largest absolute Gasteiger partial charge is 0.349 e. The minimum Gasteiger partial charge on any atom is -0.349 e. The standard InChI is InChI=1S/C22H25ClN2O3S/c23-18-7-10-20-17(15-18)6-11-21(20)24-22(26)12-5-16-3-8-19(9-4-16)29(27,28)25-13-1-2-14-25/h3-4,7-10,15,21H,1-2,5-6,11-14H2,(H,24,26). The Morgan fingerprint density at radius 1 is 1.10 bits per heavy atom. The Bertz CT molecular complexity index is 999. The Morgan fingerprint density at radius 3 is 2.55 bits per heavy atom. The molecule has 2 aromatic carbocycles. The summed E-state index contributed by atoms with van der Waals surface area (Å²) in [5.41, 5.74) is 3.32. The van der Waals surface area contributed by atoms with Crippen LogP contribution in [0.5, 0.6) is 0 Å². The molecule has 4 rings (SSSR count). The molecular weight excluding hydrogens is 408 g/mol. The predicted molar refractivity (Wildman–Crippen MR) is 113 cm³/mol. The number of fused-ring (bicyclic) bond motifs is 1. The van der Waals surface area contributed by atoms with Gasteiger partial charge in [0.2, 0.25) is 15.9 Å². The third-order valence-electron chi connectivity index (χ3n) is 5.78. The van der Waals surface area contributed by atoms with Gasteiger partial charge in [0.05, 0.1) is 10.9 Å². The van der Waals surface area contributed by atoms with E-state index in [2.05, 4.69) is 5.32 Å². The second-order valence-electron chi connectivity index (χ2n) is 7.76. The minimum absolute atomic E-state index is 0.00608. The van der Waals surface area contributed by atoms with Gasteiger partial charge in [-0.15, -0.1) is 0 Å². The van der Waals surface area contributed by atoms with Crippen molar-refractivity contribution < 1.29 is 13.2 Å². The van der Waals surface area contributed by atoms with Crippen molar-refractivity contribution in [2.75, 3.05) is 13.1 Å². The second kappa shape index (κ2) is 8.46. The zero-order valence-corrected chi connectivity index (χ0v) is 17.8. The Labute approximate surface area is 177 Å². The van der Waals surface area contributed by atoms with Crippen molar-refractivity contribution in [2.24, 2.45) is 0 Å². The number of aryl methyl sites for hydroxylation is 2. The van der Waals surface area contributed by atoms with Crippen molar-refractivity contribution >= 4 is 27.5 Å². The quantitative estimate of drug-likeness (QED) is 0.753. The lowest BCUT2D eigenvalue weighted by atomic mass is 10.1. The smallest absolute Gasteiger partial charge is 0.243 e. The summed E-state index contributed by atoms with van der Waals surface area (Å²) >= 11 is 6.04. The molecule has 1 aliphatic heterocycles. The van der Waals surface area contributed by atoms with Crippen molar-refractivity contribution in [3.63, 3.8) is 0 Å². The lowest BCUT2D eigenvalue weighted by Gasteiger charge is -2.16. The summed E-state index contributed by atoms with van der Waals surface area (Å²) in [4.78, 5) is 12.7. The maximum atomic E-state index is 12.6. The lowest BCUT2D eigenvalue weighted by Crippen LogP contribution is -2.28. The van der Waals surface area contributed by atoms with E-state index in [1.54, 1.807) is 16.4 Å². The molecule has 1 aliphatic carbocycles. The summed E-state index contributed by atoms with van der Waals surface area (Å²) in [6, 6.07) is 12.8. The Balaban J connectivity index is 1.32. The molecule has 1 fully saturated rings. The summed E-state index contributed by atoms with van der Waals surface area (Å²) in [7, 11) is -3.39. The topological polar surface area (TPSA) is 66.5 Å². The molecule has 7 heteroatoms. The molecule has 2 aliphatic rings. The Morgan fingerprint density at radius 2 is 1.83 bits per heavy atom. The summed E-state index contributed by atoms with van der Waals surface area (Å²) in [6.45, 7) is 1.20. The monoisotopic (exact) mass is 432 g/mol. The summed E-state index contributed by atoms with van der Waals surface area (Å²) in [6.07, 6.45) is 4.61. The van der Waals surface area contributed by atoms with Gasteiger partial charge in [0.1, 0.15) is 0 Å². The average molecular weight is 433 g/mol. The van der Waals surface area contributed by atoms with Crippen molar-refractivity contribution in [2.45, 2.75) is 49.5 Å². The van der Waals surface area contributed by atoms with Gasteiger partial charge >= 0.3 is 0 Å². The van der Waals surface area contributed by atoms with Crippen LogP contribution in [0.4, 0.5) is 0 Å². The number of nitrogens with one attached hydrogen (secondary N) is 1. The molecule has 29 heavy (non-hydrogen) atoms. The zero-order chi connectivity index (χ0) is 20.4. The predicted octanol–water partition coefficient (Wildman–Crippen LogP) is 3.86. The van der Waals surface area contributed by atoms with Gasteiger partial charge in [-0.1, -0.05) is 29.8 Å². The van der Waals surface area contributed by atoms with Gasteiger partial charge in [-0.05, 0) is 73.1 Å². The molecule has 0 bridgehead atoms. The van der Waals surface area contributed by atoms with Gasteiger partial charge in [0.25, 0.3) is 0 Å². The highest BCUT2D eigenvalue weighted by atomic mass is 35.5. The fourth-order valence-electron chi connectivity index (χ4n) is 4.17. The number of sulfonamides is 1. The van der Waals surface area contributed by atoms with E-state index < -0.39 is 10.0 Å². The number of rotatable bonds is 6. The van der Waals surface area contributed by atoms with Crippen LogP contribution in [-0.4, -0.2) is 31.7 Å². The van der Waals surface area contributed by atoms with Crippen LogP contribution in [0.15, 0.2) is 47.4 Å². The molecule has 5 nitrogen and oxygen atoms in total. The van der Waals surface area contributed by atoms with Gasteiger partial charge < -0.3 is 5.32 Å². The molecule has 0 spiro atoms. The average Bonchev–Trinajstić information content (AvgIpc) is 3.37. The van der Waals surface area contributed by atoms with Gasteiger partial charge in [0, 0.05) is 24.5 Å². The third kappa shape index (κ3) is 4.49. The number of hydrogen-bond acceptors (Lipinski definition) is 3. The highest BCUT2D eigenvalue weighted by Gasteiger charge is 2.27. The number of nitrogens with zero attached hydrogens (tertiary/aromatic N) is 1. The number of benzene rings is 2. The van der Waals surface area contributed by atoms with Crippen LogP contribution < -0.4 is 5.32 Å². The fourth-order valence-corrected chi connectivity index (χ4v) is 5.88.